The number of hydrogen-bond donors (Lipinski definition) is 1. The summed E-state index contributed by atoms with van der Waals surface area (Å²) in [6, 6.07) is 3.98. The molecule has 0 bridgehead atoms. The SMILES string of the molecule is CC(c1ccco1)C1(N)CCCCC1. The molecule has 1 aliphatic rings. The van der Waals surface area contributed by atoms with Gasteiger partial charge in [0.15, 0.2) is 0 Å². The fourth-order valence-electron chi connectivity index (χ4n) is 2.46. The van der Waals surface area contributed by atoms with E-state index in [1.807, 2.05) is 12.1 Å². The Kier molecular flexibility index (Phi) is 2.64. The van der Waals surface area contributed by atoms with Crippen LogP contribution in [-0.2, 0) is 0 Å². The van der Waals surface area contributed by atoms with Crippen molar-refractivity contribution >= 4 is 0 Å². The summed E-state index contributed by atoms with van der Waals surface area (Å²) < 4.78 is 5.43. The van der Waals surface area contributed by atoms with Crippen LogP contribution in [0.1, 0.15) is 50.7 Å². The fourth-order valence-corrected chi connectivity index (χ4v) is 2.46. The van der Waals surface area contributed by atoms with Crippen molar-refractivity contribution in [3.8, 4) is 0 Å². The first-order valence-corrected chi connectivity index (χ1v) is 5.55. The first-order chi connectivity index (χ1) is 6.72. The lowest BCUT2D eigenvalue weighted by molar-refractivity contribution is 0.236. The Labute approximate surface area is 85.5 Å². The van der Waals surface area contributed by atoms with Crippen molar-refractivity contribution in [3.05, 3.63) is 24.2 Å². The molecule has 1 fully saturated rings. The maximum absolute atomic E-state index is 6.43. The number of rotatable bonds is 2. The minimum atomic E-state index is -0.0316. The second kappa shape index (κ2) is 3.77. The predicted molar refractivity (Wildman–Crippen MR) is 57.1 cm³/mol. The van der Waals surface area contributed by atoms with Gasteiger partial charge in [0.25, 0.3) is 0 Å². The van der Waals surface area contributed by atoms with Gasteiger partial charge in [-0.15, -0.1) is 0 Å². The molecular weight excluding hydrogens is 174 g/mol. The summed E-state index contributed by atoms with van der Waals surface area (Å²) in [6.45, 7) is 2.18. The molecule has 78 valence electrons. The zero-order valence-corrected chi connectivity index (χ0v) is 8.83. The maximum atomic E-state index is 6.43. The van der Waals surface area contributed by atoms with Crippen LogP contribution in [0.3, 0.4) is 0 Å². The highest BCUT2D eigenvalue weighted by Gasteiger charge is 2.35. The summed E-state index contributed by atoms with van der Waals surface area (Å²) >= 11 is 0. The Morgan fingerprint density at radius 2 is 2.07 bits per heavy atom. The van der Waals surface area contributed by atoms with E-state index < -0.39 is 0 Å². The van der Waals surface area contributed by atoms with Crippen molar-refractivity contribution in [1.29, 1.82) is 0 Å². The second-order valence-corrected chi connectivity index (χ2v) is 4.53. The third kappa shape index (κ3) is 1.71. The Hall–Kier alpha value is -0.760. The van der Waals surface area contributed by atoms with Crippen molar-refractivity contribution < 1.29 is 4.42 Å². The van der Waals surface area contributed by atoms with Gasteiger partial charge in [0.05, 0.1) is 6.26 Å². The molecule has 0 saturated heterocycles. The van der Waals surface area contributed by atoms with E-state index in [1.165, 1.54) is 19.3 Å². The lowest BCUT2D eigenvalue weighted by atomic mass is 9.73. The van der Waals surface area contributed by atoms with E-state index in [-0.39, 0.29) is 5.54 Å². The lowest BCUT2D eigenvalue weighted by Gasteiger charge is -2.37. The topological polar surface area (TPSA) is 39.2 Å². The smallest absolute Gasteiger partial charge is 0.108 e. The molecule has 0 aromatic carbocycles. The summed E-state index contributed by atoms with van der Waals surface area (Å²) in [5.41, 5.74) is 6.40. The van der Waals surface area contributed by atoms with Crippen LogP contribution in [0.25, 0.3) is 0 Å². The molecule has 0 spiro atoms. The Morgan fingerprint density at radius 1 is 1.36 bits per heavy atom. The molecule has 14 heavy (non-hydrogen) atoms. The van der Waals surface area contributed by atoms with Crippen molar-refractivity contribution in [2.24, 2.45) is 5.73 Å². The molecular formula is C12H19NO. The summed E-state index contributed by atoms with van der Waals surface area (Å²) in [5, 5.41) is 0. The van der Waals surface area contributed by atoms with Crippen molar-refractivity contribution in [2.45, 2.75) is 50.5 Å². The molecule has 2 nitrogen and oxygen atoms in total. The van der Waals surface area contributed by atoms with E-state index in [9.17, 15) is 0 Å². The van der Waals surface area contributed by atoms with Crippen molar-refractivity contribution in [2.75, 3.05) is 0 Å². The van der Waals surface area contributed by atoms with Crippen LogP contribution in [0.5, 0.6) is 0 Å². The lowest BCUT2D eigenvalue weighted by Crippen LogP contribution is -2.46. The fraction of sp³-hybridized carbons (Fsp3) is 0.667. The van der Waals surface area contributed by atoms with E-state index in [1.54, 1.807) is 6.26 Å². The van der Waals surface area contributed by atoms with Gasteiger partial charge in [0, 0.05) is 11.5 Å². The van der Waals surface area contributed by atoms with E-state index in [2.05, 4.69) is 6.92 Å². The zero-order valence-electron chi connectivity index (χ0n) is 8.83. The molecule has 0 aliphatic heterocycles. The van der Waals surface area contributed by atoms with Crippen molar-refractivity contribution in [1.82, 2.24) is 0 Å². The molecule has 1 heterocycles. The highest BCUT2D eigenvalue weighted by atomic mass is 16.3. The third-order valence-electron chi connectivity index (χ3n) is 3.62. The van der Waals surface area contributed by atoms with Gasteiger partial charge in [0.1, 0.15) is 5.76 Å². The number of nitrogens with two attached hydrogens (primary N) is 1. The highest BCUT2D eigenvalue weighted by molar-refractivity contribution is 5.12. The highest BCUT2D eigenvalue weighted by Crippen LogP contribution is 2.37. The Bertz CT molecular complexity index is 273. The molecule has 0 radical (unpaired) electrons. The van der Waals surface area contributed by atoms with Gasteiger partial charge >= 0.3 is 0 Å². The van der Waals surface area contributed by atoms with Crippen LogP contribution in [0, 0.1) is 0 Å². The molecule has 2 N–H and O–H groups in total. The monoisotopic (exact) mass is 193 g/mol. The number of furan rings is 1. The third-order valence-corrected chi connectivity index (χ3v) is 3.62. The summed E-state index contributed by atoms with van der Waals surface area (Å²) in [4.78, 5) is 0. The van der Waals surface area contributed by atoms with E-state index in [0.29, 0.717) is 5.92 Å². The molecule has 2 heteroatoms. The second-order valence-electron chi connectivity index (χ2n) is 4.53. The normalized spacial score (nSPS) is 23.3. The van der Waals surface area contributed by atoms with Gasteiger partial charge in [-0.25, -0.2) is 0 Å². The minimum Gasteiger partial charge on any atom is -0.469 e. The standard InChI is InChI=1S/C12H19NO/c1-10(11-6-5-9-14-11)12(13)7-3-2-4-8-12/h5-6,9-10H,2-4,7-8,13H2,1H3. The molecule has 1 aromatic heterocycles. The van der Waals surface area contributed by atoms with Gasteiger partial charge in [-0.05, 0) is 25.0 Å². The first-order valence-electron chi connectivity index (χ1n) is 5.55. The summed E-state index contributed by atoms with van der Waals surface area (Å²) in [5.74, 6) is 1.38. The van der Waals surface area contributed by atoms with Gasteiger partial charge in [-0.1, -0.05) is 26.2 Å². The van der Waals surface area contributed by atoms with Crippen LogP contribution < -0.4 is 5.73 Å². The zero-order chi connectivity index (χ0) is 10.0. The van der Waals surface area contributed by atoms with Crippen molar-refractivity contribution in [3.63, 3.8) is 0 Å². The van der Waals surface area contributed by atoms with Crippen LogP contribution in [-0.4, -0.2) is 5.54 Å². The number of hydrogen-bond acceptors (Lipinski definition) is 2. The molecule has 1 atom stereocenters. The van der Waals surface area contributed by atoms with E-state index in [0.717, 1.165) is 18.6 Å². The molecule has 1 unspecified atom stereocenters. The quantitative estimate of drug-likeness (QED) is 0.784. The van der Waals surface area contributed by atoms with E-state index in [4.69, 9.17) is 10.2 Å². The first kappa shape index (κ1) is 9.78. The van der Waals surface area contributed by atoms with Gasteiger partial charge in [-0.3, -0.25) is 0 Å². The molecule has 0 amide bonds. The van der Waals surface area contributed by atoms with Gasteiger partial charge in [-0.2, -0.15) is 0 Å². The van der Waals surface area contributed by atoms with Crippen LogP contribution in [0.15, 0.2) is 22.8 Å². The minimum absolute atomic E-state index is 0.0316. The van der Waals surface area contributed by atoms with Crippen LogP contribution in [0.4, 0.5) is 0 Å². The van der Waals surface area contributed by atoms with Crippen LogP contribution in [0.2, 0.25) is 0 Å². The molecule has 1 aromatic rings. The summed E-state index contributed by atoms with van der Waals surface area (Å²) in [7, 11) is 0. The van der Waals surface area contributed by atoms with Gasteiger partial charge in [0.2, 0.25) is 0 Å². The molecule has 2 rings (SSSR count). The maximum Gasteiger partial charge on any atom is 0.108 e. The summed E-state index contributed by atoms with van der Waals surface area (Å²) in [6.07, 6.45) is 7.87. The predicted octanol–water partition coefficient (Wildman–Crippen LogP) is 3.04. The van der Waals surface area contributed by atoms with Gasteiger partial charge < -0.3 is 10.2 Å². The van der Waals surface area contributed by atoms with Crippen LogP contribution >= 0.6 is 0 Å². The molecule has 1 aliphatic carbocycles. The average molecular weight is 193 g/mol. The molecule has 1 saturated carbocycles. The average Bonchev–Trinajstić information content (AvgIpc) is 2.70. The Morgan fingerprint density at radius 3 is 2.64 bits per heavy atom. The van der Waals surface area contributed by atoms with E-state index >= 15 is 0 Å². The largest absolute Gasteiger partial charge is 0.469 e. The Balaban J connectivity index is 2.13.